The van der Waals surface area contributed by atoms with Crippen LogP contribution in [0.25, 0.3) is 0 Å². The van der Waals surface area contributed by atoms with Crippen LogP contribution >= 0.6 is 0 Å². The summed E-state index contributed by atoms with van der Waals surface area (Å²) in [6, 6.07) is 23.6. The number of hydrogen-bond donors (Lipinski definition) is 2. The summed E-state index contributed by atoms with van der Waals surface area (Å²) in [5.41, 5.74) is 6.06. The van der Waals surface area contributed by atoms with Crippen LogP contribution in [0.2, 0.25) is 0 Å². The van der Waals surface area contributed by atoms with Crippen LogP contribution < -0.4 is 11.1 Å². The number of primary amides is 1. The maximum atomic E-state index is 12.9. The number of benzene rings is 3. The molecular formula is C27H24N2O8. The van der Waals surface area contributed by atoms with Crippen molar-refractivity contribution in [3.05, 3.63) is 108 Å². The third-order valence-electron chi connectivity index (χ3n) is 5.49. The molecule has 10 nitrogen and oxygen atoms in total. The van der Waals surface area contributed by atoms with Crippen LogP contribution in [-0.2, 0) is 18.9 Å². The fourth-order valence-electron chi connectivity index (χ4n) is 3.74. The lowest BCUT2D eigenvalue weighted by molar-refractivity contribution is -0.0461. The molecule has 1 saturated heterocycles. The van der Waals surface area contributed by atoms with Crippen molar-refractivity contribution in [2.45, 2.75) is 24.5 Å². The van der Waals surface area contributed by atoms with Gasteiger partial charge >= 0.3 is 23.9 Å². The molecule has 0 aromatic heterocycles. The minimum atomic E-state index is -1.30. The molecule has 190 valence electrons. The Bertz CT molecular complexity index is 1240. The highest BCUT2D eigenvalue weighted by Crippen LogP contribution is 2.28. The van der Waals surface area contributed by atoms with E-state index in [1.807, 2.05) is 0 Å². The van der Waals surface area contributed by atoms with E-state index >= 15 is 0 Å². The number of ether oxygens (including phenoxy) is 4. The van der Waals surface area contributed by atoms with Gasteiger partial charge in [0.15, 0.2) is 18.4 Å². The fraction of sp³-hybridized carbons (Fsp3) is 0.185. The van der Waals surface area contributed by atoms with Crippen molar-refractivity contribution >= 4 is 23.9 Å². The molecule has 1 heterocycles. The van der Waals surface area contributed by atoms with Gasteiger partial charge in [-0.15, -0.1) is 0 Å². The molecule has 0 spiro atoms. The molecule has 3 N–H and O–H groups in total. The van der Waals surface area contributed by atoms with Gasteiger partial charge in [0, 0.05) is 0 Å². The summed E-state index contributed by atoms with van der Waals surface area (Å²) in [5.74, 6) is -2.11. The van der Waals surface area contributed by atoms with E-state index < -0.39 is 48.5 Å². The maximum Gasteiger partial charge on any atom is 0.338 e. The van der Waals surface area contributed by atoms with Crippen molar-refractivity contribution < 1.29 is 38.1 Å². The second-order valence-corrected chi connectivity index (χ2v) is 8.04. The molecule has 1 aliphatic heterocycles. The summed E-state index contributed by atoms with van der Waals surface area (Å²) >= 11 is 0. The SMILES string of the molecule is NC(=O)N[C@@H]1O[C@H](COC(=O)c2ccccc2)[C@H](OC(=O)c2ccccc2)[C@@H]1OC(=O)c1ccccc1. The molecule has 4 atom stereocenters. The molecule has 0 aliphatic carbocycles. The highest BCUT2D eigenvalue weighted by atomic mass is 16.7. The Kier molecular flexibility index (Phi) is 8.11. The van der Waals surface area contributed by atoms with Crippen LogP contribution in [0, 0.1) is 0 Å². The number of urea groups is 1. The van der Waals surface area contributed by atoms with Crippen LogP contribution in [0.1, 0.15) is 31.1 Å². The normalized spacial score (nSPS) is 20.4. The van der Waals surface area contributed by atoms with E-state index in [9.17, 15) is 19.2 Å². The molecule has 10 heteroatoms. The molecule has 3 aromatic rings. The first-order valence-corrected chi connectivity index (χ1v) is 11.4. The number of carbonyl (C=O) groups is 4. The highest BCUT2D eigenvalue weighted by Gasteiger charge is 2.51. The number of nitrogens with one attached hydrogen (secondary N) is 1. The summed E-state index contributed by atoms with van der Waals surface area (Å²) < 4.78 is 22.5. The van der Waals surface area contributed by atoms with Gasteiger partial charge in [-0.25, -0.2) is 19.2 Å². The van der Waals surface area contributed by atoms with Gasteiger partial charge in [-0.05, 0) is 36.4 Å². The van der Waals surface area contributed by atoms with Gasteiger partial charge in [-0.2, -0.15) is 0 Å². The molecule has 0 bridgehead atoms. The van der Waals surface area contributed by atoms with Gasteiger partial charge in [0.25, 0.3) is 0 Å². The predicted molar refractivity (Wildman–Crippen MR) is 129 cm³/mol. The molecular weight excluding hydrogens is 480 g/mol. The average molecular weight is 504 g/mol. The summed E-state index contributed by atoms with van der Waals surface area (Å²) in [5, 5.41) is 2.35. The van der Waals surface area contributed by atoms with Gasteiger partial charge in [0.2, 0.25) is 0 Å². The van der Waals surface area contributed by atoms with Crippen LogP contribution in [0.3, 0.4) is 0 Å². The first kappa shape index (κ1) is 25.4. The molecule has 37 heavy (non-hydrogen) atoms. The van der Waals surface area contributed by atoms with E-state index in [-0.39, 0.29) is 17.7 Å². The first-order chi connectivity index (χ1) is 17.9. The summed E-state index contributed by atoms with van der Waals surface area (Å²) in [6.07, 6.45) is -4.92. The van der Waals surface area contributed by atoms with Crippen LogP contribution in [0.4, 0.5) is 4.79 Å². The van der Waals surface area contributed by atoms with Gasteiger partial charge in [-0.1, -0.05) is 54.6 Å². The van der Waals surface area contributed by atoms with Crippen molar-refractivity contribution in [3.63, 3.8) is 0 Å². The third-order valence-corrected chi connectivity index (χ3v) is 5.49. The summed E-state index contributed by atoms with van der Waals surface area (Å²) in [7, 11) is 0. The van der Waals surface area contributed by atoms with Gasteiger partial charge in [0.05, 0.1) is 16.7 Å². The highest BCUT2D eigenvalue weighted by molar-refractivity contribution is 5.91. The fourth-order valence-corrected chi connectivity index (χ4v) is 3.74. The zero-order chi connectivity index (χ0) is 26.2. The average Bonchev–Trinajstić information content (AvgIpc) is 3.23. The minimum Gasteiger partial charge on any atom is -0.459 e. The monoisotopic (exact) mass is 504 g/mol. The molecule has 0 saturated carbocycles. The molecule has 2 amide bonds. The minimum absolute atomic E-state index is 0.229. The van der Waals surface area contributed by atoms with Crippen molar-refractivity contribution in [1.29, 1.82) is 0 Å². The number of esters is 3. The van der Waals surface area contributed by atoms with Crippen molar-refractivity contribution in [1.82, 2.24) is 5.32 Å². The van der Waals surface area contributed by atoms with Crippen molar-refractivity contribution in [2.75, 3.05) is 6.61 Å². The Morgan fingerprint density at radius 3 is 1.57 bits per heavy atom. The number of rotatable bonds is 8. The van der Waals surface area contributed by atoms with Crippen molar-refractivity contribution in [3.8, 4) is 0 Å². The lowest BCUT2D eigenvalue weighted by atomic mass is 10.1. The van der Waals surface area contributed by atoms with Gasteiger partial charge in [0.1, 0.15) is 12.7 Å². The lowest BCUT2D eigenvalue weighted by Gasteiger charge is -2.24. The van der Waals surface area contributed by atoms with E-state index in [0.29, 0.717) is 5.56 Å². The van der Waals surface area contributed by atoms with Gasteiger partial charge < -0.3 is 30.0 Å². The topological polar surface area (TPSA) is 143 Å². The zero-order valence-electron chi connectivity index (χ0n) is 19.5. The number of nitrogens with two attached hydrogens (primary N) is 1. The molecule has 1 fully saturated rings. The zero-order valence-corrected chi connectivity index (χ0v) is 19.5. The molecule has 0 unspecified atom stereocenters. The molecule has 4 rings (SSSR count). The first-order valence-electron chi connectivity index (χ1n) is 11.4. The Morgan fingerprint density at radius 2 is 1.11 bits per heavy atom. The molecule has 1 aliphatic rings. The number of amides is 2. The Labute approximate surface area is 212 Å². The second kappa shape index (κ2) is 11.8. The lowest BCUT2D eigenvalue weighted by Crippen LogP contribution is -2.49. The smallest absolute Gasteiger partial charge is 0.338 e. The maximum absolute atomic E-state index is 12.9. The second-order valence-electron chi connectivity index (χ2n) is 8.04. The van der Waals surface area contributed by atoms with Crippen LogP contribution in [0.5, 0.6) is 0 Å². The molecule has 0 radical (unpaired) electrons. The summed E-state index contributed by atoms with van der Waals surface area (Å²) in [4.78, 5) is 49.9. The predicted octanol–water partition coefficient (Wildman–Crippen LogP) is 2.69. The quantitative estimate of drug-likeness (QED) is 0.352. The summed E-state index contributed by atoms with van der Waals surface area (Å²) in [6.45, 7) is -0.364. The van der Waals surface area contributed by atoms with Gasteiger partial charge in [-0.3, -0.25) is 0 Å². The molecule has 3 aromatic carbocycles. The van der Waals surface area contributed by atoms with E-state index in [1.165, 1.54) is 0 Å². The van der Waals surface area contributed by atoms with Crippen LogP contribution in [-0.4, -0.2) is 55.1 Å². The Hall–Kier alpha value is -4.70. The van der Waals surface area contributed by atoms with E-state index in [2.05, 4.69) is 5.32 Å². The largest absolute Gasteiger partial charge is 0.459 e. The Morgan fingerprint density at radius 1 is 0.676 bits per heavy atom. The van der Waals surface area contributed by atoms with E-state index in [4.69, 9.17) is 24.7 Å². The number of hydrogen-bond acceptors (Lipinski definition) is 8. The standard InChI is InChI=1S/C27H24N2O8/c28-27(33)29-23-22(37-26(32)19-14-8-3-9-15-19)21(36-25(31)18-12-6-2-7-13-18)20(35-23)16-34-24(30)17-10-4-1-5-11-17/h1-15,20-23H,16H2,(H3,28,29,33)/t20-,21+,22+,23-/m1/s1. The van der Waals surface area contributed by atoms with E-state index in [1.54, 1.807) is 91.0 Å². The number of carbonyl (C=O) groups excluding carboxylic acids is 4. The van der Waals surface area contributed by atoms with Crippen molar-refractivity contribution in [2.24, 2.45) is 5.73 Å². The third kappa shape index (κ3) is 6.50. The van der Waals surface area contributed by atoms with Crippen LogP contribution in [0.15, 0.2) is 91.0 Å². The van der Waals surface area contributed by atoms with E-state index in [0.717, 1.165) is 0 Å². The Balaban J connectivity index is 1.58.